The average molecular weight is 418 g/mol. The van der Waals surface area contributed by atoms with Gasteiger partial charge in [0.2, 0.25) is 0 Å². The first-order valence-corrected chi connectivity index (χ1v) is 9.96. The minimum Gasteiger partial charge on any atom is -0.422 e. The van der Waals surface area contributed by atoms with Gasteiger partial charge in [0.05, 0.1) is 11.4 Å². The Morgan fingerprint density at radius 3 is 2.23 bits per heavy atom. The van der Waals surface area contributed by atoms with Crippen molar-refractivity contribution in [3.05, 3.63) is 70.9 Å². The highest BCUT2D eigenvalue weighted by atomic mass is 16.5. The predicted molar refractivity (Wildman–Crippen MR) is 118 cm³/mol. The number of primary amides is 1. The molecule has 0 bridgehead atoms. The number of carbonyl (C=O) groups excluding carboxylic acids is 2. The van der Waals surface area contributed by atoms with Crippen LogP contribution in [0, 0.1) is 6.92 Å². The standard InChI is InChI=1S/C24H26N4O3/c1-14-22(31-15(2)29)21(23(25)30)28-20(27-14)12-16-6-11-19(26-13-16)17-7-9-18(10-8-17)24(3,4)5/h6-11,13H,12H2,1-5H3,(H2,25,30). The van der Waals surface area contributed by atoms with Crippen molar-refractivity contribution in [2.45, 2.75) is 46.5 Å². The fourth-order valence-electron chi connectivity index (χ4n) is 3.16. The van der Waals surface area contributed by atoms with Crippen molar-refractivity contribution in [3.63, 3.8) is 0 Å². The van der Waals surface area contributed by atoms with Gasteiger partial charge in [-0.05, 0) is 29.5 Å². The van der Waals surface area contributed by atoms with Crippen LogP contribution in [0.1, 0.15) is 60.8 Å². The van der Waals surface area contributed by atoms with Gasteiger partial charge in [0, 0.05) is 25.1 Å². The summed E-state index contributed by atoms with van der Waals surface area (Å²) in [5, 5.41) is 0. The van der Waals surface area contributed by atoms with E-state index >= 15 is 0 Å². The van der Waals surface area contributed by atoms with E-state index in [2.05, 4.69) is 60.0 Å². The van der Waals surface area contributed by atoms with Gasteiger partial charge in [-0.15, -0.1) is 0 Å². The van der Waals surface area contributed by atoms with Crippen LogP contribution in [0.2, 0.25) is 0 Å². The highest BCUT2D eigenvalue weighted by molar-refractivity contribution is 5.94. The fourth-order valence-corrected chi connectivity index (χ4v) is 3.16. The van der Waals surface area contributed by atoms with E-state index in [9.17, 15) is 9.59 Å². The van der Waals surface area contributed by atoms with Gasteiger partial charge in [-0.25, -0.2) is 9.97 Å². The minimum absolute atomic E-state index is 0.00377. The van der Waals surface area contributed by atoms with Crippen molar-refractivity contribution in [1.29, 1.82) is 0 Å². The fraction of sp³-hybridized carbons (Fsp3) is 0.292. The molecule has 31 heavy (non-hydrogen) atoms. The maximum absolute atomic E-state index is 11.8. The molecule has 2 heterocycles. The average Bonchev–Trinajstić information content (AvgIpc) is 2.69. The molecular weight excluding hydrogens is 392 g/mol. The first-order chi connectivity index (χ1) is 14.5. The number of ether oxygens (including phenoxy) is 1. The van der Waals surface area contributed by atoms with Crippen LogP contribution >= 0.6 is 0 Å². The summed E-state index contributed by atoms with van der Waals surface area (Å²) in [5.41, 5.74) is 9.82. The third kappa shape index (κ3) is 5.31. The van der Waals surface area contributed by atoms with Gasteiger partial charge in [0.25, 0.3) is 5.91 Å². The topological polar surface area (TPSA) is 108 Å². The number of nitrogens with zero attached hydrogens (tertiary/aromatic N) is 3. The molecule has 0 aliphatic rings. The maximum atomic E-state index is 11.8. The lowest BCUT2D eigenvalue weighted by molar-refractivity contribution is -0.132. The number of nitrogens with two attached hydrogens (primary N) is 1. The number of carbonyl (C=O) groups is 2. The number of pyridine rings is 1. The molecule has 0 aliphatic heterocycles. The van der Waals surface area contributed by atoms with Crippen LogP contribution in [-0.4, -0.2) is 26.8 Å². The zero-order valence-electron chi connectivity index (χ0n) is 18.4. The van der Waals surface area contributed by atoms with Gasteiger partial charge in [0.1, 0.15) is 5.82 Å². The molecule has 0 radical (unpaired) electrons. The van der Waals surface area contributed by atoms with E-state index in [0.717, 1.165) is 16.8 Å². The van der Waals surface area contributed by atoms with Gasteiger partial charge in [0.15, 0.2) is 11.4 Å². The quantitative estimate of drug-likeness (QED) is 0.632. The monoisotopic (exact) mass is 418 g/mol. The summed E-state index contributed by atoms with van der Waals surface area (Å²) in [6.07, 6.45) is 2.12. The first kappa shape index (κ1) is 22.1. The highest BCUT2D eigenvalue weighted by Crippen LogP contribution is 2.26. The Morgan fingerprint density at radius 1 is 1.03 bits per heavy atom. The SMILES string of the molecule is CC(=O)Oc1c(C)nc(Cc2ccc(-c3ccc(C(C)(C)C)cc3)nc2)nc1C(N)=O. The summed E-state index contributed by atoms with van der Waals surface area (Å²) in [6, 6.07) is 12.3. The minimum atomic E-state index is -0.782. The van der Waals surface area contributed by atoms with E-state index < -0.39 is 11.9 Å². The van der Waals surface area contributed by atoms with Gasteiger partial charge >= 0.3 is 5.97 Å². The molecule has 1 amide bonds. The Balaban J connectivity index is 1.82. The Labute approximate surface area is 181 Å². The Kier molecular flexibility index (Phi) is 6.15. The summed E-state index contributed by atoms with van der Waals surface area (Å²) in [4.78, 5) is 36.2. The van der Waals surface area contributed by atoms with Gasteiger partial charge in [-0.3, -0.25) is 14.6 Å². The third-order valence-corrected chi connectivity index (χ3v) is 4.79. The van der Waals surface area contributed by atoms with Crippen molar-refractivity contribution < 1.29 is 14.3 Å². The number of esters is 1. The lowest BCUT2D eigenvalue weighted by atomic mass is 9.86. The molecule has 7 heteroatoms. The molecule has 0 saturated heterocycles. The largest absolute Gasteiger partial charge is 0.422 e. The number of aromatic nitrogens is 3. The number of aryl methyl sites for hydroxylation is 1. The van der Waals surface area contributed by atoms with E-state index in [1.807, 2.05) is 12.1 Å². The van der Waals surface area contributed by atoms with Crippen molar-refractivity contribution in [3.8, 4) is 17.0 Å². The smallest absolute Gasteiger partial charge is 0.308 e. The Morgan fingerprint density at radius 2 is 1.71 bits per heavy atom. The second-order valence-electron chi connectivity index (χ2n) is 8.42. The summed E-state index contributed by atoms with van der Waals surface area (Å²) < 4.78 is 5.06. The molecule has 0 unspecified atom stereocenters. The molecule has 0 saturated carbocycles. The van der Waals surface area contributed by atoms with E-state index in [1.165, 1.54) is 12.5 Å². The molecule has 3 rings (SSSR count). The number of amides is 1. The van der Waals surface area contributed by atoms with Gasteiger partial charge < -0.3 is 10.5 Å². The number of hydrogen-bond acceptors (Lipinski definition) is 6. The first-order valence-electron chi connectivity index (χ1n) is 9.96. The predicted octanol–water partition coefficient (Wildman–Crippen LogP) is 3.76. The van der Waals surface area contributed by atoms with Crippen LogP contribution in [0.5, 0.6) is 5.75 Å². The van der Waals surface area contributed by atoms with Crippen molar-refractivity contribution in [1.82, 2.24) is 15.0 Å². The molecule has 160 valence electrons. The molecule has 1 aromatic carbocycles. The number of rotatable bonds is 5. The maximum Gasteiger partial charge on any atom is 0.308 e. The normalized spacial score (nSPS) is 11.3. The van der Waals surface area contributed by atoms with Crippen LogP contribution < -0.4 is 10.5 Å². The zero-order chi connectivity index (χ0) is 22.8. The van der Waals surface area contributed by atoms with E-state index in [4.69, 9.17) is 10.5 Å². The van der Waals surface area contributed by atoms with Crippen LogP contribution in [-0.2, 0) is 16.6 Å². The van der Waals surface area contributed by atoms with Crippen LogP contribution in [0.4, 0.5) is 0 Å². The Hall–Kier alpha value is -3.61. The molecule has 0 aliphatic carbocycles. The van der Waals surface area contributed by atoms with E-state index in [1.54, 1.807) is 13.1 Å². The van der Waals surface area contributed by atoms with Crippen molar-refractivity contribution >= 4 is 11.9 Å². The molecule has 2 N–H and O–H groups in total. The third-order valence-electron chi connectivity index (χ3n) is 4.79. The zero-order valence-corrected chi connectivity index (χ0v) is 18.4. The van der Waals surface area contributed by atoms with Crippen LogP contribution in [0.15, 0.2) is 42.6 Å². The molecule has 0 fully saturated rings. The van der Waals surface area contributed by atoms with Crippen molar-refractivity contribution in [2.75, 3.05) is 0 Å². The highest BCUT2D eigenvalue weighted by Gasteiger charge is 2.19. The summed E-state index contributed by atoms with van der Waals surface area (Å²) in [6.45, 7) is 9.42. The molecule has 0 spiro atoms. The lowest BCUT2D eigenvalue weighted by Gasteiger charge is -2.19. The Bertz CT molecular complexity index is 1120. The van der Waals surface area contributed by atoms with E-state index in [-0.39, 0.29) is 16.9 Å². The molecule has 7 nitrogen and oxygen atoms in total. The van der Waals surface area contributed by atoms with Crippen molar-refractivity contribution in [2.24, 2.45) is 5.73 Å². The molecular formula is C24H26N4O3. The second kappa shape index (κ2) is 8.63. The number of benzene rings is 1. The van der Waals surface area contributed by atoms with Gasteiger partial charge in [-0.1, -0.05) is 51.1 Å². The second-order valence-corrected chi connectivity index (χ2v) is 8.42. The van der Waals surface area contributed by atoms with E-state index in [0.29, 0.717) is 17.9 Å². The lowest BCUT2D eigenvalue weighted by Crippen LogP contribution is -2.19. The summed E-state index contributed by atoms with van der Waals surface area (Å²) >= 11 is 0. The van der Waals surface area contributed by atoms with Crippen LogP contribution in [0.25, 0.3) is 11.3 Å². The van der Waals surface area contributed by atoms with Gasteiger partial charge in [-0.2, -0.15) is 0 Å². The molecule has 3 aromatic rings. The summed E-state index contributed by atoms with van der Waals surface area (Å²) in [5.74, 6) is -0.963. The molecule has 2 aromatic heterocycles. The number of hydrogen-bond donors (Lipinski definition) is 1. The molecule has 0 atom stereocenters. The summed E-state index contributed by atoms with van der Waals surface area (Å²) in [7, 11) is 0. The van der Waals surface area contributed by atoms with Crippen LogP contribution in [0.3, 0.4) is 0 Å².